The van der Waals surface area contributed by atoms with E-state index >= 15 is 0 Å². The lowest BCUT2D eigenvalue weighted by Crippen LogP contribution is -2.12. The first-order chi connectivity index (χ1) is 7.24. The first-order valence-electron chi connectivity index (χ1n) is 4.86. The number of hydrogen-bond acceptors (Lipinski definition) is 3. The van der Waals surface area contributed by atoms with Crippen molar-refractivity contribution in [1.82, 2.24) is 5.01 Å². The van der Waals surface area contributed by atoms with E-state index in [1.807, 2.05) is 18.2 Å². The molecule has 80 valence electrons. The zero-order valence-electron chi connectivity index (χ0n) is 8.72. The van der Waals surface area contributed by atoms with Crippen LogP contribution < -0.4 is 0 Å². The Hall–Kier alpha value is -1.71. The molecule has 0 saturated carbocycles. The molecule has 0 amide bonds. The maximum absolute atomic E-state index is 11.6. The van der Waals surface area contributed by atoms with Crippen LogP contribution in [-0.2, 0) is 0 Å². The SMILES string of the molecule is CN(CCCC(=O)c1ccccc1)N=O. The summed E-state index contributed by atoms with van der Waals surface area (Å²) in [6, 6.07) is 9.15. The maximum atomic E-state index is 11.6. The molecular formula is C11H14N2O2. The molecule has 0 saturated heterocycles. The number of nitroso groups, excluding NO2 is 1. The van der Waals surface area contributed by atoms with Crippen molar-refractivity contribution >= 4 is 5.78 Å². The number of carbonyl (C=O) groups excluding carboxylic acids is 1. The van der Waals surface area contributed by atoms with Gasteiger partial charge in [-0.3, -0.25) is 9.80 Å². The van der Waals surface area contributed by atoms with Gasteiger partial charge in [0, 0.05) is 25.6 Å². The predicted octanol–water partition coefficient (Wildman–Crippen LogP) is 2.26. The van der Waals surface area contributed by atoms with Gasteiger partial charge in [0.1, 0.15) is 0 Å². The van der Waals surface area contributed by atoms with E-state index < -0.39 is 0 Å². The second-order valence-electron chi connectivity index (χ2n) is 3.36. The Bertz CT molecular complexity index is 325. The number of hydrogen-bond donors (Lipinski definition) is 0. The van der Waals surface area contributed by atoms with Gasteiger partial charge in [0.25, 0.3) is 0 Å². The van der Waals surface area contributed by atoms with Crippen LogP contribution in [0.25, 0.3) is 0 Å². The molecule has 0 spiro atoms. The Morgan fingerprint density at radius 3 is 2.60 bits per heavy atom. The molecule has 0 unspecified atom stereocenters. The van der Waals surface area contributed by atoms with Gasteiger partial charge in [-0.05, 0) is 6.42 Å². The fraction of sp³-hybridized carbons (Fsp3) is 0.364. The highest BCUT2D eigenvalue weighted by Gasteiger charge is 2.05. The van der Waals surface area contributed by atoms with E-state index in [0.29, 0.717) is 19.4 Å². The molecule has 0 bridgehead atoms. The molecule has 15 heavy (non-hydrogen) atoms. The minimum Gasteiger partial charge on any atom is -0.294 e. The third-order valence-electron chi connectivity index (χ3n) is 2.12. The van der Waals surface area contributed by atoms with Crippen molar-refractivity contribution in [3.05, 3.63) is 40.8 Å². The van der Waals surface area contributed by atoms with Gasteiger partial charge < -0.3 is 0 Å². The summed E-state index contributed by atoms with van der Waals surface area (Å²) < 4.78 is 0. The van der Waals surface area contributed by atoms with Gasteiger partial charge >= 0.3 is 0 Å². The topological polar surface area (TPSA) is 49.7 Å². The minimum atomic E-state index is 0.106. The van der Waals surface area contributed by atoms with Crippen LogP contribution in [0.5, 0.6) is 0 Å². The molecule has 1 aromatic carbocycles. The normalized spacial score (nSPS) is 9.67. The molecule has 0 N–H and O–H groups in total. The number of Topliss-reactive ketones (excluding diaryl/α,β-unsaturated/α-hetero) is 1. The summed E-state index contributed by atoms with van der Waals surface area (Å²) in [5, 5.41) is 4.02. The first kappa shape index (κ1) is 11.4. The maximum Gasteiger partial charge on any atom is 0.162 e. The monoisotopic (exact) mass is 206 g/mol. The van der Waals surface area contributed by atoms with Gasteiger partial charge in [-0.2, -0.15) is 0 Å². The lowest BCUT2D eigenvalue weighted by Gasteiger charge is -2.07. The van der Waals surface area contributed by atoms with Gasteiger partial charge in [0.2, 0.25) is 0 Å². The van der Waals surface area contributed by atoms with Crippen LogP contribution >= 0.6 is 0 Å². The molecule has 0 aliphatic heterocycles. The van der Waals surface area contributed by atoms with Gasteiger partial charge in [-0.1, -0.05) is 30.3 Å². The molecule has 4 nitrogen and oxygen atoms in total. The summed E-state index contributed by atoms with van der Waals surface area (Å²) in [6.07, 6.45) is 1.10. The van der Waals surface area contributed by atoms with E-state index in [1.165, 1.54) is 5.01 Å². The predicted molar refractivity (Wildman–Crippen MR) is 58.4 cm³/mol. The quantitative estimate of drug-likeness (QED) is 0.407. The molecule has 0 radical (unpaired) electrons. The average Bonchev–Trinajstić information content (AvgIpc) is 2.29. The summed E-state index contributed by atoms with van der Waals surface area (Å²) in [5.74, 6) is 0.106. The number of nitrogens with zero attached hydrogens (tertiary/aromatic N) is 2. The van der Waals surface area contributed by atoms with Crippen LogP contribution in [0.1, 0.15) is 23.2 Å². The highest BCUT2D eigenvalue weighted by atomic mass is 16.3. The van der Waals surface area contributed by atoms with Crippen molar-refractivity contribution in [2.45, 2.75) is 12.8 Å². The van der Waals surface area contributed by atoms with E-state index in [2.05, 4.69) is 5.29 Å². The molecule has 1 aromatic rings. The summed E-state index contributed by atoms with van der Waals surface area (Å²) in [5.41, 5.74) is 0.721. The molecule has 0 aliphatic rings. The zero-order valence-corrected chi connectivity index (χ0v) is 8.72. The smallest absolute Gasteiger partial charge is 0.162 e. The molecule has 0 aromatic heterocycles. The van der Waals surface area contributed by atoms with E-state index in [-0.39, 0.29) is 5.78 Å². The largest absolute Gasteiger partial charge is 0.294 e. The lowest BCUT2D eigenvalue weighted by atomic mass is 10.1. The van der Waals surface area contributed by atoms with Crippen LogP contribution in [0.2, 0.25) is 0 Å². The van der Waals surface area contributed by atoms with Crippen molar-refractivity contribution in [1.29, 1.82) is 0 Å². The Labute approximate surface area is 88.8 Å². The summed E-state index contributed by atoms with van der Waals surface area (Å²) >= 11 is 0. The van der Waals surface area contributed by atoms with Crippen LogP contribution in [0.4, 0.5) is 0 Å². The highest BCUT2D eigenvalue weighted by Crippen LogP contribution is 2.05. The minimum absolute atomic E-state index is 0.106. The van der Waals surface area contributed by atoms with Crippen molar-refractivity contribution in [2.75, 3.05) is 13.6 Å². The Kier molecular flexibility index (Phi) is 4.47. The molecule has 0 fully saturated rings. The second kappa shape index (κ2) is 5.90. The van der Waals surface area contributed by atoms with Gasteiger partial charge in [-0.15, -0.1) is 4.91 Å². The standard InChI is InChI=1S/C11H14N2O2/c1-13(12-15)9-5-8-11(14)10-6-3-2-4-7-10/h2-4,6-7H,5,8-9H2,1H3. The molecule has 1 rings (SSSR count). The van der Waals surface area contributed by atoms with Crippen LogP contribution in [0.3, 0.4) is 0 Å². The molecule has 0 atom stereocenters. The van der Waals surface area contributed by atoms with E-state index in [0.717, 1.165) is 5.56 Å². The number of rotatable bonds is 6. The van der Waals surface area contributed by atoms with Crippen molar-refractivity contribution in [2.24, 2.45) is 5.29 Å². The molecule has 0 heterocycles. The van der Waals surface area contributed by atoms with Crippen molar-refractivity contribution in [3.8, 4) is 0 Å². The van der Waals surface area contributed by atoms with Crippen LogP contribution in [-0.4, -0.2) is 24.4 Å². The highest BCUT2D eigenvalue weighted by molar-refractivity contribution is 5.95. The zero-order chi connectivity index (χ0) is 11.1. The van der Waals surface area contributed by atoms with Crippen LogP contribution in [0, 0.1) is 4.91 Å². The summed E-state index contributed by atoms with van der Waals surface area (Å²) in [7, 11) is 1.60. The third-order valence-corrected chi connectivity index (χ3v) is 2.12. The van der Waals surface area contributed by atoms with E-state index in [9.17, 15) is 9.70 Å². The lowest BCUT2D eigenvalue weighted by molar-refractivity contribution is 0.0976. The van der Waals surface area contributed by atoms with Crippen LogP contribution in [0.15, 0.2) is 35.6 Å². The van der Waals surface area contributed by atoms with Crippen molar-refractivity contribution < 1.29 is 4.79 Å². The van der Waals surface area contributed by atoms with Gasteiger partial charge in [-0.25, -0.2) is 0 Å². The first-order valence-corrected chi connectivity index (χ1v) is 4.86. The van der Waals surface area contributed by atoms with Gasteiger partial charge in [0.15, 0.2) is 5.78 Å². The van der Waals surface area contributed by atoms with Gasteiger partial charge in [0.05, 0.1) is 5.29 Å². The van der Waals surface area contributed by atoms with Crippen molar-refractivity contribution in [3.63, 3.8) is 0 Å². The Morgan fingerprint density at radius 2 is 2.00 bits per heavy atom. The number of benzene rings is 1. The molecular weight excluding hydrogens is 192 g/mol. The Balaban J connectivity index is 2.34. The average molecular weight is 206 g/mol. The fourth-order valence-electron chi connectivity index (χ4n) is 1.28. The van der Waals surface area contributed by atoms with E-state index in [4.69, 9.17) is 0 Å². The Morgan fingerprint density at radius 1 is 1.33 bits per heavy atom. The summed E-state index contributed by atoms with van der Waals surface area (Å²) in [6.45, 7) is 0.516. The van der Waals surface area contributed by atoms with E-state index in [1.54, 1.807) is 19.2 Å². The third kappa shape index (κ3) is 3.89. The molecule has 4 heteroatoms. The number of ketones is 1. The summed E-state index contributed by atoms with van der Waals surface area (Å²) in [4.78, 5) is 21.6. The number of carbonyl (C=O) groups is 1. The molecule has 0 aliphatic carbocycles. The second-order valence-corrected chi connectivity index (χ2v) is 3.36. The fourth-order valence-corrected chi connectivity index (χ4v) is 1.28.